The van der Waals surface area contributed by atoms with Crippen LogP contribution in [0.25, 0.3) is 22.0 Å². The van der Waals surface area contributed by atoms with Gasteiger partial charge < -0.3 is 15.4 Å². The molecule has 0 saturated heterocycles. The van der Waals surface area contributed by atoms with E-state index in [0.29, 0.717) is 6.04 Å². The smallest absolute Gasteiger partial charge is 0.300 e. The topological polar surface area (TPSA) is 65.1 Å². The Labute approximate surface area is 176 Å². The van der Waals surface area contributed by atoms with Crippen molar-refractivity contribution < 1.29 is 9.90 Å². The molecule has 0 fully saturated rings. The minimum absolute atomic E-state index is 0.558. The van der Waals surface area contributed by atoms with E-state index in [1.54, 1.807) is 0 Å². The number of carboxylic acids is 1. The predicted octanol–water partition coefficient (Wildman–Crippen LogP) is 5.18. The molecule has 4 nitrogen and oxygen atoms in total. The van der Waals surface area contributed by atoms with E-state index in [2.05, 4.69) is 83.1 Å². The fourth-order valence-electron chi connectivity index (χ4n) is 4.01. The van der Waals surface area contributed by atoms with E-state index < -0.39 is 5.97 Å². The van der Waals surface area contributed by atoms with Gasteiger partial charge in [-0.3, -0.25) is 4.79 Å². The van der Waals surface area contributed by atoms with E-state index in [1.807, 2.05) is 6.20 Å². The molecule has 1 heterocycles. The number of aliphatic carboxylic acids is 1. The summed E-state index contributed by atoms with van der Waals surface area (Å²) in [6.07, 6.45) is 4.28. The second kappa shape index (κ2) is 8.97. The summed E-state index contributed by atoms with van der Waals surface area (Å²) < 4.78 is 0. The Morgan fingerprint density at radius 1 is 0.967 bits per heavy atom. The maximum atomic E-state index is 9.00. The van der Waals surface area contributed by atoms with Crippen LogP contribution in [0.3, 0.4) is 0 Å². The molecule has 0 bridgehead atoms. The van der Waals surface area contributed by atoms with Crippen molar-refractivity contribution in [2.24, 2.45) is 0 Å². The number of H-pyrrole nitrogens is 1. The number of benzene rings is 3. The van der Waals surface area contributed by atoms with Crippen LogP contribution in [0.4, 0.5) is 0 Å². The van der Waals surface area contributed by atoms with Gasteiger partial charge in [-0.25, -0.2) is 0 Å². The fraction of sp³-hybridized carbons (Fsp3) is 0.192. The first-order valence-corrected chi connectivity index (χ1v) is 10.2. The Morgan fingerprint density at radius 2 is 1.60 bits per heavy atom. The summed E-state index contributed by atoms with van der Waals surface area (Å²) >= 11 is 0. The Hall–Kier alpha value is -3.37. The molecule has 1 aliphatic carbocycles. The van der Waals surface area contributed by atoms with Gasteiger partial charge in [0.1, 0.15) is 0 Å². The van der Waals surface area contributed by atoms with Crippen LogP contribution in [-0.2, 0) is 24.2 Å². The van der Waals surface area contributed by atoms with E-state index in [0.717, 1.165) is 26.3 Å². The first-order chi connectivity index (χ1) is 14.6. The molecular formula is C26H26N2O2. The third-order valence-electron chi connectivity index (χ3n) is 5.49. The zero-order valence-corrected chi connectivity index (χ0v) is 17.1. The first kappa shape index (κ1) is 19.9. The molecule has 1 aliphatic rings. The van der Waals surface area contributed by atoms with Gasteiger partial charge in [0.25, 0.3) is 5.97 Å². The summed E-state index contributed by atoms with van der Waals surface area (Å²) in [6, 6.07) is 27.0. The number of fused-ring (bicyclic) bond motifs is 2. The second-order valence-corrected chi connectivity index (χ2v) is 7.75. The number of hydrogen-bond donors (Lipinski definition) is 3. The van der Waals surface area contributed by atoms with Crippen LogP contribution >= 0.6 is 0 Å². The van der Waals surface area contributed by atoms with Crippen LogP contribution in [0, 0.1) is 0 Å². The third kappa shape index (κ3) is 4.78. The maximum absolute atomic E-state index is 9.00. The van der Waals surface area contributed by atoms with Crippen molar-refractivity contribution in [1.29, 1.82) is 0 Å². The van der Waals surface area contributed by atoms with Crippen LogP contribution in [0.1, 0.15) is 23.6 Å². The van der Waals surface area contributed by atoms with Gasteiger partial charge in [0.15, 0.2) is 0 Å². The minimum atomic E-state index is -0.833. The van der Waals surface area contributed by atoms with Gasteiger partial charge in [-0.1, -0.05) is 54.6 Å². The lowest BCUT2D eigenvalue weighted by Gasteiger charge is -2.12. The summed E-state index contributed by atoms with van der Waals surface area (Å²) in [5.41, 5.74) is 8.06. The van der Waals surface area contributed by atoms with Gasteiger partial charge in [0, 0.05) is 31.2 Å². The standard InChI is InChI=1S/C24H22N2.C2H4O2/c1-2-4-20-15-23(14-19(20)3-1)26-16-17-5-7-18(8-6-17)21-9-10-24-22(13-21)11-12-25-24;1-2(3)4/h1-13,23,25-26H,14-16H2;1H3,(H,3,4). The quantitative estimate of drug-likeness (QED) is 0.444. The third-order valence-corrected chi connectivity index (χ3v) is 5.49. The molecule has 3 aromatic carbocycles. The summed E-state index contributed by atoms with van der Waals surface area (Å²) in [7, 11) is 0. The molecule has 1 aromatic heterocycles. The zero-order chi connectivity index (χ0) is 20.9. The van der Waals surface area contributed by atoms with Gasteiger partial charge in [-0.05, 0) is 64.2 Å². The monoisotopic (exact) mass is 398 g/mol. The molecule has 0 saturated carbocycles. The first-order valence-electron chi connectivity index (χ1n) is 10.2. The number of aromatic amines is 1. The minimum Gasteiger partial charge on any atom is -0.481 e. The zero-order valence-electron chi connectivity index (χ0n) is 17.1. The molecule has 4 aromatic rings. The molecule has 0 unspecified atom stereocenters. The summed E-state index contributed by atoms with van der Waals surface area (Å²) in [4.78, 5) is 12.2. The normalized spacial score (nSPS) is 13.0. The van der Waals surface area contributed by atoms with E-state index in [-0.39, 0.29) is 0 Å². The van der Waals surface area contributed by atoms with Gasteiger partial charge in [0.2, 0.25) is 0 Å². The van der Waals surface area contributed by atoms with Crippen LogP contribution < -0.4 is 5.32 Å². The summed E-state index contributed by atoms with van der Waals surface area (Å²) in [5.74, 6) is -0.833. The molecule has 0 amide bonds. The Balaban J connectivity index is 0.000000503. The highest BCUT2D eigenvalue weighted by Gasteiger charge is 2.19. The average molecular weight is 399 g/mol. The van der Waals surface area contributed by atoms with Crippen LogP contribution in [0.2, 0.25) is 0 Å². The van der Waals surface area contributed by atoms with Crippen molar-refractivity contribution in [2.45, 2.75) is 32.4 Å². The molecule has 5 rings (SSSR count). The van der Waals surface area contributed by atoms with E-state index >= 15 is 0 Å². The van der Waals surface area contributed by atoms with Crippen molar-refractivity contribution >= 4 is 16.9 Å². The van der Waals surface area contributed by atoms with Crippen molar-refractivity contribution in [2.75, 3.05) is 0 Å². The van der Waals surface area contributed by atoms with Gasteiger partial charge in [0.05, 0.1) is 0 Å². The van der Waals surface area contributed by atoms with E-state index in [1.165, 1.54) is 38.7 Å². The second-order valence-electron chi connectivity index (χ2n) is 7.75. The number of carboxylic acid groups (broad SMARTS) is 1. The molecule has 30 heavy (non-hydrogen) atoms. The SMILES string of the molecule is CC(=O)O.c1ccc2c(c1)CC(NCc1ccc(-c3ccc4[nH]ccc4c3)cc1)C2. The summed E-state index contributed by atoms with van der Waals surface area (Å²) in [5, 5.41) is 12.4. The number of hydrogen-bond acceptors (Lipinski definition) is 2. The lowest BCUT2D eigenvalue weighted by molar-refractivity contribution is -0.134. The van der Waals surface area contributed by atoms with Gasteiger partial charge in [-0.2, -0.15) is 0 Å². The molecule has 0 radical (unpaired) electrons. The van der Waals surface area contributed by atoms with E-state index in [9.17, 15) is 0 Å². The van der Waals surface area contributed by atoms with Crippen LogP contribution in [0.5, 0.6) is 0 Å². The fourth-order valence-corrected chi connectivity index (χ4v) is 4.01. The maximum Gasteiger partial charge on any atom is 0.300 e. The van der Waals surface area contributed by atoms with Crippen molar-refractivity contribution in [3.05, 3.63) is 95.7 Å². The number of carbonyl (C=O) groups is 1. The Kier molecular flexibility index (Phi) is 5.96. The van der Waals surface area contributed by atoms with Gasteiger partial charge >= 0.3 is 0 Å². The molecule has 0 spiro atoms. The van der Waals surface area contributed by atoms with Crippen molar-refractivity contribution in [3.8, 4) is 11.1 Å². The molecule has 0 aliphatic heterocycles. The Bertz CT molecular complexity index is 1120. The van der Waals surface area contributed by atoms with E-state index in [4.69, 9.17) is 9.90 Å². The highest BCUT2D eigenvalue weighted by atomic mass is 16.4. The largest absolute Gasteiger partial charge is 0.481 e. The average Bonchev–Trinajstić information content (AvgIpc) is 3.38. The highest BCUT2D eigenvalue weighted by molar-refractivity contribution is 5.85. The van der Waals surface area contributed by atoms with Crippen molar-refractivity contribution in [3.63, 3.8) is 0 Å². The molecule has 152 valence electrons. The number of nitrogens with one attached hydrogen (secondary N) is 2. The summed E-state index contributed by atoms with van der Waals surface area (Å²) in [6.45, 7) is 2.01. The van der Waals surface area contributed by atoms with Crippen LogP contribution in [0.15, 0.2) is 79.0 Å². The number of aromatic nitrogens is 1. The lowest BCUT2D eigenvalue weighted by Crippen LogP contribution is -2.28. The molecule has 0 atom stereocenters. The molecular weight excluding hydrogens is 372 g/mol. The lowest BCUT2D eigenvalue weighted by atomic mass is 10.0. The Morgan fingerprint density at radius 3 is 2.27 bits per heavy atom. The van der Waals surface area contributed by atoms with Gasteiger partial charge in [-0.15, -0.1) is 0 Å². The van der Waals surface area contributed by atoms with Crippen LogP contribution in [-0.4, -0.2) is 22.1 Å². The highest BCUT2D eigenvalue weighted by Crippen LogP contribution is 2.25. The number of rotatable bonds is 4. The molecule has 4 heteroatoms. The predicted molar refractivity (Wildman–Crippen MR) is 122 cm³/mol. The van der Waals surface area contributed by atoms with Crippen molar-refractivity contribution in [1.82, 2.24) is 10.3 Å². The molecule has 3 N–H and O–H groups in total.